The van der Waals surface area contributed by atoms with Gasteiger partial charge in [0.2, 0.25) is 11.9 Å². The third-order valence-corrected chi connectivity index (χ3v) is 3.67. The number of nitrogen functional groups attached to an aromatic ring is 1. The van der Waals surface area contributed by atoms with Crippen LogP contribution in [0.5, 0.6) is 5.75 Å². The van der Waals surface area contributed by atoms with Crippen LogP contribution in [0.15, 0.2) is 42.5 Å². The van der Waals surface area contributed by atoms with Crippen LogP contribution < -0.4 is 15.8 Å². The number of anilines is 3. The van der Waals surface area contributed by atoms with Crippen molar-refractivity contribution in [2.45, 2.75) is 20.5 Å². The first-order valence-electron chi connectivity index (χ1n) is 8.12. The molecule has 0 saturated carbocycles. The fourth-order valence-corrected chi connectivity index (χ4v) is 2.36. The van der Waals surface area contributed by atoms with Gasteiger partial charge in [-0.2, -0.15) is 15.0 Å². The van der Waals surface area contributed by atoms with Crippen LogP contribution in [0.2, 0.25) is 0 Å². The zero-order chi connectivity index (χ0) is 19.4. The zero-order valence-corrected chi connectivity index (χ0v) is 14.8. The number of nitro benzene ring substituents is 1. The summed E-state index contributed by atoms with van der Waals surface area (Å²) in [5, 5.41) is 14.2. The molecule has 0 fully saturated rings. The van der Waals surface area contributed by atoms with Crippen molar-refractivity contribution in [1.29, 1.82) is 0 Å². The average Bonchev–Trinajstić information content (AvgIpc) is 2.62. The van der Waals surface area contributed by atoms with E-state index in [-0.39, 0.29) is 35.8 Å². The molecule has 27 heavy (non-hydrogen) atoms. The van der Waals surface area contributed by atoms with Crippen LogP contribution >= 0.6 is 0 Å². The maximum atomic E-state index is 11.2. The Morgan fingerprint density at radius 3 is 2.48 bits per heavy atom. The Labute approximate surface area is 155 Å². The van der Waals surface area contributed by atoms with Crippen molar-refractivity contribution in [1.82, 2.24) is 15.0 Å². The molecule has 1 aromatic heterocycles. The van der Waals surface area contributed by atoms with E-state index in [2.05, 4.69) is 20.3 Å². The summed E-state index contributed by atoms with van der Waals surface area (Å²) in [4.78, 5) is 23.0. The molecule has 0 spiro atoms. The van der Waals surface area contributed by atoms with E-state index >= 15 is 0 Å². The summed E-state index contributed by atoms with van der Waals surface area (Å²) < 4.78 is 5.54. The van der Waals surface area contributed by atoms with Gasteiger partial charge in [-0.05, 0) is 37.6 Å². The fraction of sp³-hybridized carbons (Fsp3) is 0.167. The Hall–Kier alpha value is -3.75. The molecule has 3 N–H and O–H groups in total. The Morgan fingerprint density at radius 1 is 1.07 bits per heavy atom. The van der Waals surface area contributed by atoms with E-state index in [1.165, 1.54) is 6.07 Å². The van der Waals surface area contributed by atoms with Crippen molar-refractivity contribution < 1.29 is 9.66 Å². The molecule has 0 aliphatic heterocycles. The molecular weight excluding hydrogens is 348 g/mol. The number of nitrogens with two attached hydrogens (primary N) is 1. The quantitative estimate of drug-likeness (QED) is 0.502. The molecule has 1 heterocycles. The Kier molecular flexibility index (Phi) is 5.11. The summed E-state index contributed by atoms with van der Waals surface area (Å²) in [6, 6.07) is 12.4. The van der Waals surface area contributed by atoms with E-state index in [9.17, 15) is 10.1 Å². The number of nitrogens with one attached hydrogen (secondary N) is 1. The predicted octanol–water partition coefficient (Wildman–Crippen LogP) is 3.30. The summed E-state index contributed by atoms with van der Waals surface area (Å²) in [7, 11) is 0. The van der Waals surface area contributed by atoms with Crippen LogP contribution in [0, 0.1) is 24.0 Å². The zero-order valence-electron chi connectivity index (χ0n) is 14.8. The van der Waals surface area contributed by atoms with Crippen molar-refractivity contribution in [3.8, 4) is 5.75 Å². The van der Waals surface area contributed by atoms with Crippen molar-refractivity contribution in [2.75, 3.05) is 11.1 Å². The molecule has 0 atom stereocenters. The third kappa shape index (κ3) is 4.66. The summed E-state index contributed by atoms with van der Waals surface area (Å²) in [6.45, 7) is 3.68. The van der Waals surface area contributed by atoms with Gasteiger partial charge in [-0.25, -0.2) is 0 Å². The van der Waals surface area contributed by atoms with Crippen LogP contribution in [0.1, 0.15) is 17.0 Å². The van der Waals surface area contributed by atoms with Crippen LogP contribution in [0.3, 0.4) is 0 Å². The number of nitrogens with zero attached hydrogens (tertiary/aromatic N) is 4. The van der Waals surface area contributed by atoms with E-state index in [1.54, 1.807) is 19.1 Å². The van der Waals surface area contributed by atoms with Gasteiger partial charge >= 0.3 is 5.69 Å². The minimum absolute atomic E-state index is 0.0246. The molecule has 138 valence electrons. The van der Waals surface area contributed by atoms with E-state index in [1.807, 2.05) is 31.2 Å². The van der Waals surface area contributed by atoms with Gasteiger partial charge in [0.1, 0.15) is 6.61 Å². The van der Waals surface area contributed by atoms with Gasteiger partial charge in [0.25, 0.3) is 0 Å². The first-order chi connectivity index (χ1) is 12.9. The maximum absolute atomic E-state index is 11.2. The molecule has 2 aromatic carbocycles. The van der Waals surface area contributed by atoms with Gasteiger partial charge in [-0.1, -0.05) is 23.8 Å². The first kappa shape index (κ1) is 18.1. The molecule has 9 nitrogen and oxygen atoms in total. The molecule has 0 aliphatic rings. The number of rotatable bonds is 6. The lowest BCUT2D eigenvalue weighted by atomic mass is 10.2. The highest BCUT2D eigenvalue weighted by Crippen LogP contribution is 2.28. The normalized spacial score (nSPS) is 10.4. The number of benzene rings is 2. The average molecular weight is 366 g/mol. The van der Waals surface area contributed by atoms with E-state index in [4.69, 9.17) is 10.5 Å². The molecule has 0 unspecified atom stereocenters. The highest BCUT2D eigenvalue weighted by atomic mass is 16.6. The molecule has 0 amide bonds. The number of nitro groups is 1. The Morgan fingerprint density at radius 2 is 1.78 bits per heavy atom. The third-order valence-electron chi connectivity index (χ3n) is 3.67. The molecule has 0 bridgehead atoms. The number of hydrogen-bond acceptors (Lipinski definition) is 8. The molecular formula is C18H18N6O3. The summed E-state index contributed by atoms with van der Waals surface area (Å²) >= 11 is 0. The van der Waals surface area contributed by atoms with Crippen molar-refractivity contribution >= 4 is 23.3 Å². The van der Waals surface area contributed by atoms with Crippen molar-refractivity contribution in [3.63, 3.8) is 0 Å². The summed E-state index contributed by atoms with van der Waals surface area (Å²) in [5.41, 5.74) is 8.32. The van der Waals surface area contributed by atoms with E-state index in [0.717, 1.165) is 16.8 Å². The van der Waals surface area contributed by atoms with Crippen LogP contribution in [-0.2, 0) is 6.61 Å². The molecule has 0 aliphatic carbocycles. The predicted molar refractivity (Wildman–Crippen MR) is 101 cm³/mol. The topological polar surface area (TPSA) is 129 Å². The molecule has 0 radical (unpaired) electrons. The van der Waals surface area contributed by atoms with Gasteiger partial charge in [0.15, 0.2) is 11.6 Å². The second kappa shape index (κ2) is 7.65. The number of ether oxygens (including phenoxy) is 1. The first-order valence-corrected chi connectivity index (χ1v) is 8.12. The van der Waals surface area contributed by atoms with Crippen LogP contribution in [-0.4, -0.2) is 19.9 Å². The highest BCUT2D eigenvalue weighted by molar-refractivity contribution is 5.54. The lowest BCUT2D eigenvalue weighted by molar-refractivity contribution is -0.386. The SMILES string of the molecule is Cc1ccc(Nc2nc(N)nc(COc3ccc(C)cc3[N+](=O)[O-])n2)cc1. The van der Waals surface area contributed by atoms with Crippen molar-refractivity contribution in [2.24, 2.45) is 0 Å². The van der Waals surface area contributed by atoms with Crippen LogP contribution in [0.25, 0.3) is 0 Å². The Balaban J connectivity index is 1.77. The number of hydrogen-bond donors (Lipinski definition) is 2. The number of aryl methyl sites for hydroxylation is 2. The van der Waals surface area contributed by atoms with Gasteiger partial charge in [-0.3, -0.25) is 10.1 Å². The molecule has 3 rings (SSSR count). The standard InChI is InChI=1S/C18H18N6O3/c1-11-3-6-13(7-4-11)20-18-22-16(21-17(19)23-18)10-27-15-8-5-12(2)9-14(15)24(25)26/h3-9H,10H2,1-2H3,(H3,19,20,21,22,23). The van der Waals surface area contributed by atoms with Gasteiger partial charge in [0.05, 0.1) is 4.92 Å². The maximum Gasteiger partial charge on any atom is 0.311 e. The second-order valence-electron chi connectivity index (χ2n) is 5.94. The van der Waals surface area contributed by atoms with E-state index in [0.29, 0.717) is 0 Å². The van der Waals surface area contributed by atoms with Crippen molar-refractivity contribution in [3.05, 3.63) is 69.5 Å². The smallest absolute Gasteiger partial charge is 0.311 e. The molecule has 0 saturated heterocycles. The highest BCUT2D eigenvalue weighted by Gasteiger charge is 2.16. The monoisotopic (exact) mass is 366 g/mol. The minimum Gasteiger partial charge on any atom is -0.479 e. The lowest BCUT2D eigenvalue weighted by Crippen LogP contribution is -2.10. The van der Waals surface area contributed by atoms with E-state index < -0.39 is 4.92 Å². The lowest BCUT2D eigenvalue weighted by Gasteiger charge is -2.09. The van der Waals surface area contributed by atoms with Gasteiger partial charge < -0.3 is 15.8 Å². The second-order valence-corrected chi connectivity index (χ2v) is 5.94. The van der Waals surface area contributed by atoms with Gasteiger partial charge in [-0.15, -0.1) is 0 Å². The molecule has 9 heteroatoms. The number of aromatic nitrogens is 3. The largest absolute Gasteiger partial charge is 0.479 e. The Bertz CT molecular complexity index is 975. The summed E-state index contributed by atoms with van der Waals surface area (Å²) in [5.74, 6) is 0.685. The van der Waals surface area contributed by atoms with Crippen LogP contribution in [0.4, 0.5) is 23.3 Å². The molecule has 3 aromatic rings. The van der Waals surface area contributed by atoms with Gasteiger partial charge in [0, 0.05) is 11.8 Å². The minimum atomic E-state index is -0.492. The summed E-state index contributed by atoms with van der Waals surface area (Å²) in [6.07, 6.45) is 0. The fourth-order valence-electron chi connectivity index (χ4n) is 2.36.